The molecule has 240 valence electrons. The molecule has 4 aliphatic carbocycles. The van der Waals surface area contributed by atoms with Crippen LogP contribution in [0.3, 0.4) is 0 Å². The molecular weight excluding hydrogens is 557 g/mol. The van der Waals surface area contributed by atoms with Gasteiger partial charge in [-0.15, -0.1) is 0 Å². The molecule has 4 fully saturated rings. The molecule has 4 saturated carbocycles. The van der Waals surface area contributed by atoms with E-state index in [2.05, 4.69) is 20.8 Å². The fourth-order valence-corrected chi connectivity index (χ4v) is 10.5. The first-order valence-electron chi connectivity index (χ1n) is 16.3. The number of halogens is 3. The first-order chi connectivity index (χ1) is 20.2. The molecule has 0 bridgehead atoms. The van der Waals surface area contributed by atoms with Crippen molar-refractivity contribution in [3.8, 4) is 0 Å². The first kappa shape index (κ1) is 32.3. The van der Waals surface area contributed by atoms with Gasteiger partial charge in [-0.05, 0) is 97.9 Å². The van der Waals surface area contributed by atoms with E-state index in [1.807, 2.05) is 0 Å². The van der Waals surface area contributed by atoms with Gasteiger partial charge in [-0.1, -0.05) is 45.4 Å². The molecule has 11 atom stereocenters. The molecule has 0 amide bonds. The van der Waals surface area contributed by atoms with Gasteiger partial charge in [0.15, 0.2) is 0 Å². The molecule has 1 unspecified atom stereocenters. The maximum absolute atomic E-state index is 16.3. The zero-order valence-electron chi connectivity index (χ0n) is 26.3. The van der Waals surface area contributed by atoms with Crippen molar-refractivity contribution in [1.82, 2.24) is 0 Å². The van der Waals surface area contributed by atoms with Gasteiger partial charge in [0.25, 0.3) is 5.92 Å². The van der Waals surface area contributed by atoms with Crippen molar-refractivity contribution in [1.29, 1.82) is 0 Å². The van der Waals surface area contributed by atoms with Crippen molar-refractivity contribution >= 4 is 11.9 Å². The molecule has 8 heteroatoms. The van der Waals surface area contributed by atoms with Gasteiger partial charge in [0.2, 0.25) is 0 Å². The number of esters is 2. The van der Waals surface area contributed by atoms with Crippen molar-refractivity contribution in [2.45, 2.75) is 123 Å². The molecular formula is C35H49F3O5. The SMILES string of the molecule is CC(=O)OC(CCC[C@@H](C)[C@H]1CC[C@H]2[C@H]3[C@H](CC[C@]12C)[C@@]1(C)CC[C@H](OC(C)=O)[C@H](O)[C@@H]1CC3(F)F)c1ccccc1F. The number of rotatable bonds is 8. The molecule has 0 heterocycles. The maximum Gasteiger partial charge on any atom is 0.303 e. The Bertz CT molecular complexity index is 1190. The van der Waals surface area contributed by atoms with E-state index in [1.165, 1.54) is 19.9 Å². The molecule has 0 aromatic heterocycles. The summed E-state index contributed by atoms with van der Waals surface area (Å²) in [4.78, 5) is 23.4. The van der Waals surface area contributed by atoms with Crippen LogP contribution in [0.4, 0.5) is 13.2 Å². The Morgan fingerprint density at radius 3 is 2.30 bits per heavy atom. The predicted octanol–water partition coefficient (Wildman–Crippen LogP) is 8.04. The van der Waals surface area contributed by atoms with Crippen molar-refractivity contribution in [2.24, 2.45) is 46.3 Å². The quantitative estimate of drug-likeness (QED) is 0.303. The van der Waals surface area contributed by atoms with Crippen LogP contribution in [-0.4, -0.2) is 35.2 Å². The van der Waals surface area contributed by atoms with E-state index in [1.54, 1.807) is 18.2 Å². The predicted molar refractivity (Wildman–Crippen MR) is 156 cm³/mol. The lowest BCUT2D eigenvalue weighted by molar-refractivity contribution is -0.260. The van der Waals surface area contributed by atoms with Crippen LogP contribution in [0.15, 0.2) is 24.3 Å². The number of ether oxygens (including phenoxy) is 2. The number of carbonyl (C=O) groups excluding carboxylic acids is 2. The zero-order chi connectivity index (χ0) is 31.3. The molecule has 43 heavy (non-hydrogen) atoms. The highest BCUT2D eigenvalue weighted by Crippen LogP contribution is 2.71. The molecule has 0 aliphatic heterocycles. The monoisotopic (exact) mass is 606 g/mol. The van der Waals surface area contributed by atoms with E-state index in [4.69, 9.17) is 9.47 Å². The number of carbonyl (C=O) groups is 2. The second kappa shape index (κ2) is 12.0. The number of aliphatic hydroxyl groups is 1. The smallest absolute Gasteiger partial charge is 0.303 e. The fourth-order valence-electron chi connectivity index (χ4n) is 10.5. The summed E-state index contributed by atoms with van der Waals surface area (Å²) in [6, 6.07) is 6.39. The number of hydrogen-bond donors (Lipinski definition) is 1. The normalized spacial score (nSPS) is 39.5. The molecule has 5 nitrogen and oxygen atoms in total. The van der Waals surface area contributed by atoms with Crippen LogP contribution in [0.2, 0.25) is 0 Å². The number of hydrogen-bond acceptors (Lipinski definition) is 5. The van der Waals surface area contributed by atoms with Crippen LogP contribution >= 0.6 is 0 Å². The number of aliphatic hydroxyl groups excluding tert-OH is 1. The molecule has 1 aromatic carbocycles. The average Bonchev–Trinajstić information content (AvgIpc) is 3.28. The Morgan fingerprint density at radius 2 is 1.63 bits per heavy atom. The zero-order valence-corrected chi connectivity index (χ0v) is 26.3. The van der Waals surface area contributed by atoms with Gasteiger partial charge in [-0.3, -0.25) is 9.59 Å². The van der Waals surface area contributed by atoms with Gasteiger partial charge in [0, 0.05) is 31.7 Å². The summed E-state index contributed by atoms with van der Waals surface area (Å²) in [7, 11) is 0. The van der Waals surface area contributed by atoms with Gasteiger partial charge in [0.1, 0.15) is 18.0 Å². The van der Waals surface area contributed by atoms with Crippen molar-refractivity contribution in [2.75, 3.05) is 0 Å². The van der Waals surface area contributed by atoms with Crippen molar-refractivity contribution in [3.05, 3.63) is 35.6 Å². The van der Waals surface area contributed by atoms with Crippen LogP contribution in [0.5, 0.6) is 0 Å². The maximum atomic E-state index is 16.3. The molecule has 0 saturated heterocycles. The van der Waals surface area contributed by atoms with Gasteiger partial charge in [0.05, 0.1) is 6.10 Å². The molecule has 1 N–H and O–H groups in total. The van der Waals surface area contributed by atoms with E-state index >= 15 is 8.78 Å². The van der Waals surface area contributed by atoms with Gasteiger partial charge < -0.3 is 14.6 Å². The minimum atomic E-state index is -2.89. The van der Waals surface area contributed by atoms with E-state index in [9.17, 15) is 19.1 Å². The number of benzene rings is 1. The van der Waals surface area contributed by atoms with E-state index in [-0.39, 0.29) is 29.5 Å². The van der Waals surface area contributed by atoms with Gasteiger partial charge in [-0.25, -0.2) is 13.2 Å². The minimum absolute atomic E-state index is 0.0815. The third-order valence-corrected chi connectivity index (χ3v) is 12.5. The Balaban J connectivity index is 1.28. The van der Waals surface area contributed by atoms with E-state index < -0.39 is 53.4 Å². The van der Waals surface area contributed by atoms with Gasteiger partial charge >= 0.3 is 11.9 Å². The third-order valence-electron chi connectivity index (χ3n) is 12.5. The molecule has 1 aromatic rings. The summed E-state index contributed by atoms with van der Waals surface area (Å²) in [6.45, 7) is 9.19. The number of alkyl halides is 2. The standard InChI is InChI=1S/C35H49F3O5/c1-20(9-8-12-29(42-21(2)39)23-10-6-7-11-28(23)36)24-13-14-25-31-26(15-17-33(24,25)4)34(5)18-16-30(43-22(3)40)32(41)27(34)19-35(31,37)38/h6-7,10-11,20,24-27,29-32,41H,8-9,12-19H2,1-5H3/t20-,24-,25+,26+,27+,29?,30+,31+,32-,33-,34-/m1/s1. The van der Waals surface area contributed by atoms with Crippen LogP contribution in [-0.2, 0) is 19.1 Å². The lowest BCUT2D eigenvalue weighted by atomic mass is 9.43. The van der Waals surface area contributed by atoms with Gasteiger partial charge in [-0.2, -0.15) is 0 Å². The van der Waals surface area contributed by atoms with Crippen LogP contribution in [0.1, 0.15) is 110 Å². The minimum Gasteiger partial charge on any atom is -0.460 e. The fraction of sp³-hybridized carbons (Fsp3) is 0.771. The Labute approximate surface area is 254 Å². The lowest BCUT2D eigenvalue weighted by Crippen LogP contribution is -2.64. The van der Waals surface area contributed by atoms with Crippen molar-refractivity contribution in [3.63, 3.8) is 0 Å². The average molecular weight is 607 g/mol. The summed E-state index contributed by atoms with van der Waals surface area (Å²) in [6.07, 6.45) is 3.82. The van der Waals surface area contributed by atoms with E-state index in [0.29, 0.717) is 36.7 Å². The van der Waals surface area contributed by atoms with Crippen LogP contribution in [0.25, 0.3) is 0 Å². The largest absolute Gasteiger partial charge is 0.460 e. The molecule has 0 radical (unpaired) electrons. The first-order valence-corrected chi connectivity index (χ1v) is 16.3. The second-order valence-corrected chi connectivity index (χ2v) is 14.7. The third kappa shape index (κ3) is 5.86. The van der Waals surface area contributed by atoms with Crippen LogP contribution < -0.4 is 0 Å². The Morgan fingerprint density at radius 1 is 0.953 bits per heavy atom. The highest BCUT2D eigenvalue weighted by atomic mass is 19.3. The molecule has 5 rings (SSSR count). The Hall–Kier alpha value is -2.09. The summed E-state index contributed by atoms with van der Waals surface area (Å²) < 4.78 is 57.9. The topological polar surface area (TPSA) is 72.8 Å². The number of fused-ring (bicyclic) bond motifs is 5. The summed E-state index contributed by atoms with van der Waals surface area (Å²) in [5.74, 6) is -5.16. The molecule has 4 aliphatic rings. The summed E-state index contributed by atoms with van der Waals surface area (Å²) >= 11 is 0. The highest BCUT2D eigenvalue weighted by molar-refractivity contribution is 5.66. The van der Waals surface area contributed by atoms with Crippen LogP contribution in [0, 0.1) is 52.2 Å². The van der Waals surface area contributed by atoms with Crippen molar-refractivity contribution < 1.29 is 37.3 Å². The second-order valence-electron chi connectivity index (χ2n) is 14.7. The summed E-state index contributed by atoms with van der Waals surface area (Å²) in [5.41, 5.74) is -0.220. The summed E-state index contributed by atoms with van der Waals surface area (Å²) in [5, 5.41) is 11.2. The molecule has 0 spiro atoms. The lowest BCUT2D eigenvalue weighted by Gasteiger charge is -2.63. The van der Waals surface area contributed by atoms with E-state index in [0.717, 1.165) is 38.5 Å². The highest BCUT2D eigenvalue weighted by Gasteiger charge is 2.69. The Kier molecular flexibility index (Phi) is 9.03.